The van der Waals surface area contributed by atoms with Crippen LogP contribution in [0.15, 0.2) is 0 Å². The summed E-state index contributed by atoms with van der Waals surface area (Å²) in [7, 11) is 0. The first kappa shape index (κ1) is 16.3. The Morgan fingerprint density at radius 1 is 1.60 bits per heavy atom. The number of aliphatic hydroxyl groups is 1. The molecule has 0 amide bonds. The number of hydrogen-bond acceptors (Lipinski definition) is 1. The average Bonchev–Trinajstić information content (AvgIpc) is 0.918. The molecule has 1 N–H and O–H groups in total. The lowest BCUT2D eigenvalue weighted by Gasteiger charge is -1.52. The summed E-state index contributed by atoms with van der Waals surface area (Å²) in [5.41, 5.74) is 0. The molecule has 0 saturated carbocycles. The zero-order valence-electron chi connectivity index (χ0n) is 2.56. The van der Waals surface area contributed by atoms with Gasteiger partial charge in [-0.25, -0.2) is 0 Å². The van der Waals surface area contributed by atoms with Crippen molar-refractivity contribution in [3.63, 3.8) is 0 Å². The fourth-order valence-electron chi connectivity index (χ4n) is 0. The third-order valence-electron chi connectivity index (χ3n) is 0. The number of hydrogen-bond donors (Lipinski definition) is 1. The van der Waals surface area contributed by atoms with Gasteiger partial charge in [-0.3, -0.25) is 0 Å². The molecule has 0 saturated heterocycles. The predicted molar refractivity (Wildman–Crippen MR) is 38.1 cm³/mol. The van der Waals surface area contributed by atoms with Crippen LogP contribution in [0.1, 0.15) is 6.92 Å². The van der Waals surface area contributed by atoms with Crippen LogP contribution in [0.4, 0.5) is 0 Å². The molecule has 3 heteroatoms. The summed E-state index contributed by atoms with van der Waals surface area (Å²) in [5.74, 6) is 0. The molecule has 0 fully saturated rings. The van der Waals surface area contributed by atoms with E-state index in [1.807, 2.05) is 0 Å². The Morgan fingerprint density at radius 2 is 1.60 bits per heavy atom. The van der Waals surface area contributed by atoms with Crippen LogP contribution in [0, 0.1) is 0 Å². The van der Waals surface area contributed by atoms with Gasteiger partial charge < -0.3 is 5.11 Å². The normalized spacial score (nSPS) is 3.60. The molecule has 0 aromatic heterocycles. The summed E-state index contributed by atoms with van der Waals surface area (Å²) in [6.45, 7) is 1.93. The van der Waals surface area contributed by atoms with E-state index in [1.165, 1.54) is 0 Å². The van der Waals surface area contributed by atoms with Crippen LogP contribution in [0.5, 0.6) is 0 Å². The molecular formula is C2H10AlIO. The summed E-state index contributed by atoms with van der Waals surface area (Å²) >= 11 is 0. The van der Waals surface area contributed by atoms with Gasteiger partial charge in [0.15, 0.2) is 17.4 Å². The van der Waals surface area contributed by atoms with Crippen LogP contribution in [0.3, 0.4) is 0 Å². The van der Waals surface area contributed by atoms with Crippen LogP contribution >= 0.6 is 24.0 Å². The molecular weight excluding hydrogens is 194 g/mol. The Balaban J connectivity index is -0.0000000200. The van der Waals surface area contributed by atoms with Crippen molar-refractivity contribution in [2.24, 2.45) is 0 Å². The predicted octanol–water partition coefficient (Wildman–Crippen LogP) is -0.567. The average molecular weight is 204 g/mol. The quantitative estimate of drug-likeness (QED) is 0.414. The van der Waals surface area contributed by atoms with E-state index in [2.05, 4.69) is 0 Å². The van der Waals surface area contributed by atoms with Gasteiger partial charge >= 0.3 is 0 Å². The minimum Gasteiger partial charge on any atom is -0.397 e. The monoisotopic (exact) mass is 204 g/mol. The third kappa shape index (κ3) is 36.3. The van der Waals surface area contributed by atoms with E-state index < -0.39 is 0 Å². The lowest BCUT2D eigenvalue weighted by atomic mass is 10.9. The van der Waals surface area contributed by atoms with Crippen molar-refractivity contribution in [2.75, 3.05) is 6.61 Å². The molecule has 34 valence electrons. The highest BCUT2D eigenvalue weighted by Gasteiger charge is 1.34. The third-order valence-corrected chi connectivity index (χ3v) is 0. The molecule has 0 rings (SSSR count). The summed E-state index contributed by atoms with van der Waals surface area (Å²) in [6, 6.07) is 0. The van der Waals surface area contributed by atoms with Gasteiger partial charge in [0.25, 0.3) is 0 Å². The van der Waals surface area contributed by atoms with Gasteiger partial charge in [0, 0.05) is 6.61 Å². The lowest BCUT2D eigenvalue weighted by molar-refractivity contribution is 0.318. The number of halogens is 1. The van der Waals surface area contributed by atoms with Gasteiger partial charge in [0.1, 0.15) is 0 Å². The fourth-order valence-corrected chi connectivity index (χ4v) is 0. The van der Waals surface area contributed by atoms with Crippen molar-refractivity contribution in [1.82, 2.24) is 0 Å². The van der Waals surface area contributed by atoms with Gasteiger partial charge in [0.2, 0.25) is 0 Å². The molecule has 0 spiro atoms. The topological polar surface area (TPSA) is 20.2 Å². The summed E-state index contributed by atoms with van der Waals surface area (Å²) in [4.78, 5) is 0. The van der Waals surface area contributed by atoms with Crippen molar-refractivity contribution < 1.29 is 5.11 Å². The Labute approximate surface area is 59.9 Å². The van der Waals surface area contributed by atoms with Crippen LogP contribution in [0.2, 0.25) is 0 Å². The van der Waals surface area contributed by atoms with E-state index in [0.717, 1.165) is 0 Å². The molecule has 0 atom stereocenters. The molecule has 1 nitrogen and oxygen atoms in total. The molecule has 0 aliphatic carbocycles. The van der Waals surface area contributed by atoms with Gasteiger partial charge in [-0.1, -0.05) is 0 Å². The van der Waals surface area contributed by atoms with E-state index >= 15 is 0 Å². The molecule has 0 radical (unpaired) electrons. The van der Waals surface area contributed by atoms with Gasteiger partial charge in [-0.2, -0.15) is 0 Å². The Kier molecular flexibility index (Phi) is 61.6. The SMILES string of the molecule is CCO.I.[AlH3]. The lowest BCUT2D eigenvalue weighted by Crippen LogP contribution is -1.57. The summed E-state index contributed by atoms with van der Waals surface area (Å²) in [6.07, 6.45) is 0. The first-order valence-electron chi connectivity index (χ1n) is 1.02. The van der Waals surface area contributed by atoms with E-state index in [1.54, 1.807) is 6.92 Å². The standard InChI is InChI=1S/C2H6O.Al.HI.3H/c1-2-3;;;;;/h3H,2H2,1H3;;1H;;;. The number of rotatable bonds is 0. The minimum atomic E-state index is 0. The molecule has 5 heavy (non-hydrogen) atoms. The van der Waals surface area contributed by atoms with Crippen LogP contribution in [0.25, 0.3) is 0 Å². The van der Waals surface area contributed by atoms with Gasteiger partial charge in [-0.05, 0) is 6.92 Å². The van der Waals surface area contributed by atoms with E-state index in [-0.39, 0.29) is 47.9 Å². The molecule has 0 aliphatic rings. The first-order valence-corrected chi connectivity index (χ1v) is 1.02. The molecule has 0 aliphatic heterocycles. The van der Waals surface area contributed by atoms with Gasteiger partial charge in [0.05, 0.1) is 0 Å². The van der Waals surface area contributed by atoms with E-state index in [4.69, 9.17) is 5.11 Å². The second kappa shape index (κ2) is 18.9. The Hall–Kier alpha value is 1.22. The smallest absolute Gasteiger partial charge is 0.187 e. The second-order valence-corrected chi connectivity index (χ2v) is 0.316. The van der Waals surface area contributed by atoms with Crippen molar-refractivity contribution >= 4 is 41.3 Å². The van der Waals surface area contributed by atoms with Crippen molar-refractivity contribution in [3.05, 3.63) is 0 Å². The maximum Gasteiger partial charge on any atom is 0.187 e. The molecule has 0 heterocycles. The zero-order chi connectivity index (χ0) is 2.71. The van der Waals surface area contributed by atoms with Crippen molar-refractivity contribution in [3.8, 4) is 0 Å². The highest BCUT2D eigenvalue weighted by molar-refractivity contribution is 14.0. The zero-order valence-corrected chi connectivity index (χ0v) is 4.89. The largest absolute Gasteiger partial charge is 0.397 e. The van der Waals surface area contributed by atoms with E-state index in [0.29, 0.717) is 0 Å². The summed E-state index contributed by atoms with van der Waals surface area (Å²) < 4.78 is 0. The first-order chi connectivity index (χ1) is 1.41. The van der Waals surface area contributed by atoms with E-state index in [9.17, 15) is 0 Å². The maximum absolute atomic E-state index is 7.57. The van der Waals surface area contributed by atoms with Crippen LogP contribution < -0.4 is 0 Å². The van der Waals surface area contributed by atoms with Crippen molar-refractivity contribution in [2.45, 2.75) is 6.92 Å². The van der Waals surface area contributed by atoms with Crippen LogP contribution in [-0.4, -0.2) is 29.1 Å². The van der Waals surface area contributed by atoms with Crippen LogP contribution in [-0.2, 0) is 0 Å². The fraction of sp³-hybridized carbons (Fsp3) is 1.00. The molecule has 0 aromatic rings. The van der Waals surface area contributed by atoms with Gasteiger partial charge in [-0.15, -0.1) is 24.0 Å². The maximum atomic E-state index is 7.57. The second-order valence-electron chi connectivity index (χ2n) is 0.316. The minimum absolute atomic E-state index is 0. The Morgan fingerprint density at radius 3 is 1.60 bits per heavy atom. The molecule has 0 bridgehead atoms. The number of aliphatic hydroxyl groups excluding tert-OH is 1. The Bertz CT molecular complexity index is 9.61. The van der Waals surface area contributed by atoms with Crippen molar-refractivity contribution in [1.29, 1.82) is 0 Å². The summed E-state index contributed by atoms with van der Waals surface area (Å²) in [5, 5.41) is 7.57. The molecule has 0 unspecified atom stereocenters. The highest BCUT2D eigenvalue weighted by Crippen LogP contribution is 1.30. The molecule has 0 aromatic carbocycles. The highest BCUT2D eigenvalue weighted by atomic mass is 127.